The number of nitrogens with one attached hydrogen (secondary N) is 1. The Morgan fingerprint density at radius 3 is 2.45 bits per heavy atom. The minimum absolute atomic E-state index is 0.251. The van der Waals surface area contributed by atoms with Crippen molar-refractivity contribution in [1.82, 2.24) is 14.8 Å². The Labute approximate surface area is 179 Å². The molecular weight excluding hydrogens is 388 g/mol. The quantitative estimate of drug-likeness (QED) is 0.521. The van der Waals surface area contributed by atoms with Crippen LogP contribution in [0.4, 0.5) is 5.69 Å². The lowest BCUT2D eigenvalue weighted by molar-refractivity contribution is 0.300. The molecule has 31 heavy (non-hydrogen) atoms. The lowest BCUT2D eigenvalue weighted by atomic mass is 9.97. The molecule has 0 saturated carbocycles. The second-order valence-corrected chi connectivity index (χ2v) is 7.98. The summed E-state index contributed by atoms with van der Waals surface area (Å²) in [7, 11) is 0. The lowest BCUT2D eigenvalue weighted by Gasteiger charge is -2.39. The molecule has 4 aromatic rings. The average Bonchev–Trinajstić information content (AvgIpc) is 2.79. The number of aromatic nitrogens is 3. The van der Waals surface area contributed by atoms with E-state index >= 15 is 0 Å². The van der Waals surface area contributed by atoms with Crippen molar-refractivity contribution in [2.45, 2.75) is 25.4 Å². The van der Waals surface area contributed by atoms with Crippen LogP contribution < -0.4 is 10.9 Å². The molecule has 154 valence electrons. The maximum Gasteiger partial charge on any atom is 0.300 e. The summed E-state index contributed by atoms with van der Waals surface area (Å²) >= 11 is 0. The second kappa shape index (κ2) is 7.40. The van der Waals surface area contributed by atoms with E-state index in [0.29, 0.717) is 17.9 Å². The number of hydrogen-bond donors (Lipinski definition) is 2. The molecule has 0 amide bonds. The summed E-state index contributed by atoms with van der Waals surface area (Å²) in [6.07, 6.45) is 1.48. The molecule has 0 radical (unpaired) electrons. The number of hydrogen-bond acceptors (Lipinski definition) is 5. The summed E-state index contributed by atoms with van der Waals surface area (Å²) in [5.41, 5.74) is 3.04. The van der Waals surface area contributed by atoms with Crippen molar-refractivity contribution in [2.24, 2.45) is 0 Å². The number of aryl methyl sites for hydroxylation is 1. The molecule has 3 aromatic carbocycles. The van der Waals surface area contributed by atoms with Gasteiger partial charge in [-0.1, -0.05) is 54.6 Å². The standard InChI is InChI=1S/C25H22N4O2/c1-25(16-15-17-11-13-19(30)14-12-17)27-21-10-6-5-9-20(21)23-26-24(31)22(28-29(23)25)18-7-3-2-4-8-18/h2-14,27,30H,15-16H2,1H3/t25-/m0/s1. The fourth-order valence-electron chi connectivity index (χ4n) is 4.03. The molecule has 1 atom stereocenters. The zero-order valence-electron chi connectivity index (χ0n) is 17.1. The zero-order valence-corrected chi connectivity index (χ0v) is 17.1. The van der Waals surface area contributed by atoms with E-state index in [1.807, 2.05) is 71.4 Å². The topological polar surface area (TPSA) is 80.0 Å². The minimum atomic E-state index is -0.591. The van der Waals surface area contributed by atoms with Gasteiger partial charge >= 0.3 is 0 Å². The van der Waals surface area contributed by atoms with Gasteiger partial charge in [0, 0.05) is 16.8 Å². The lowest BCUT2D eigenvalue weighted by Crippen LogP contribution is -2.45. The van der Waals surface area contributed by atoms with Gasteiger partial charge in [0.1, 0.15) is 11.4 Å². The van der Waals surface area contributed by atoms with Crippen LogP contribution in [0.25, 0.3) is 22.6 Å². The number of fused-ring (bicyclic) bond motifs is 3. The molecule has 0 aliphatic carbocycles. The van der Waals surface area contributed by atoms with Crippen LogP contribution in [-0.2, 0) is 12.1 Å². The summed E-state index contributed by atoms with van der Waals surface area (Å²) in [5, 5.41) is 18.0. The number of phenolic OH excluding ortho intramolecular Hbond substituents is 1. The molecule has 0 fully saturated rings. The van der Waals surface area contributed by atoms with Gasteiger partial charge < -0.3 is 10.4 Å². The minimum Gasteiger partial charge on any atom is -0.508 e. The monoisotopic (exact) mass is 410 g/mol. The SMILES string of the molecule is C[C@]1(CCc2ccc(O)cc2)Nc2ccccc2-c2nc(=O)c(-c3ccccc3)nn21. The maximum atomic E-state index is 12.9. The number of phenols is 1. The van der Waals surface area contributed by atoms with E-state index in [1.54, 1.807) is 12.1 Å². The van der Waals surface area contributed by atoms with Gasteiger partial charge in [-0.25, -0.2) is 4.68 Å². The van der Waals surface area contributed by atoms with Crippen LogP contribution in [0.3, 0.4) is 0 Å². The third kappa shape index (κ3) is 3.46. The molecule has 6 nitrogen and oxygen atoms in total. The van der Waals surface area contributed by atoms with Gasteiger partial charge in [0.15, 0.2) is 11.5 Å². The molecule has 0 saturated heterocycles. The van der Waals surface area contributed by atoms with Crippen LogP contribution in [0.5, 0.6) is 5.75 Å². The molecule has 1 aliphatic heterocycles. The van der Waals surface area contributed by atoms with Crippen molar-refractivity contribution in [3.05, 3.63) is 94.8 Å². The van der Waals surface area contributed by atoms with Crippen LogP contribution in [0, 0.1) is 0 Å². The Morgan fingerprint density at radius 2 is 1.68 bits per heavy atom. The predicted octanol–water partition coefficient (Wildman–Crippen LogP) is 4.41. The Kier molecular flexibility index (Phi) is 4.55. The maximum absolute atomic E-state index is 12.9. The molecule has 0 bridgehead atoms. The highest BCUT2D eigenvalue weighted by Crippen LogP contribution is 2.38. The number of para-hydroxylation sites is 1. The first-order valence-corrected chi connectivity index (χ1v) is 10.3. The summed E-state index contributed by atoms with van der Waals surface area (Å²) in [6.45, 7) is 2.07. The van der Waals surface area contributed by atoms with Gasteiger partial charge in [-0.15, -0.1) is 0 Å². The van der Waals surface area contributed by atoms with Gasteiger partial charge in [-0.2, -0.15) is 10.1 Å². The molecule has 1 aromatic heterocycles. The first kappa shape index (κ1) is 19.1. The van der Waals surface area contributed by atoms with Crippen LogP contribution in [0.1, 0.15) is 18.9 Å². The van der Waals surface area contributed by atoms with Gasteiger partial charge in [0.2, 0.25) is 0 Å². The molecule has 5 rings (SSSR count). The first-order valence-electron chi connectivity index (χ1n) is 10.3. The molecule has 0 unspecified atom stereocenters. The Bertz CT molecular complexity index is 1300. The van der Waals surface area contributed by atoms with Gasteiger partial charge in [0.25, 0.3) is 5.56 Å². The number of anilines is 1. The third-order valence-corrected chi connectivity index (χ3v) is 5.73. The normalized spacial score (nSPS) is 16.8. The Hall–Kier alpha value is -3.93. The van der Waals surface area contributed by atoms with Crippen molar-refractivity contribution in [2.75, 3.05) is 5.32 Å². The Morgan fingerprint density at radius 1 is 0.968 bits per heavy atom. The number of aromatic hydroxyl groups is 1. The molecule has 0 spiro atoms. The van der Waals surface area contributed by atoms with Crippen LogP contribution in [0.2, 0.25) is 0 Å². The van der Waals surface area contributed by atoms with Crippen molar-refractivity contribution in [3.8, 4) is 28.4 Å². The fourth-order valence-corrected chi connectivity index (χ4v) is 4.03. The van der Waals surface area contributed by atoms with Crippen LogP contribution >= 0.6 is 0 Å². The van der Waals surface area contributed by atoms with Crippen LogP contribution in [-0.4, -0.2) is 19.9 Å². The van der Waals surface area contributed by atoms with Crippen LogP contribution in [0.15, 0.2) is 83.7 Å². The van der Waals surface area contributed by atoms with E-state index < -0.39 is 5.66 Å². The summed E-state index contributed by atoms with van der Waals surface area (Å²) in [4.78, 5) is 17.4. The van der Waals surface area contributed by atoms with Gasteiger partial charge in [-0.05, 0) is 49.6 Å². The highest BCUT2D eigenvalue weighted by Gasteiger charge is 2.36. The first-order chi connectivity index (χ1) is 15.0. The van der Waals surface area contributed by atoms with Crippen molar-refractivity contribution in [1.29, 1.82) is 0 Å². The van der Waals surface area contributed by atoms with Crippen molar-refractivity contribution < 1.29 is 5.11 Å². The molecule has 1 aliphatic rings. The van der Waals surface area contributed by atoms with Crippen molar-refractivity contribution in [3.63, 3.8) is 0 Å². The van der Waals surface area contributed by atoms with E-state index in [9.17, 15) is 9.90 Å². The zero-order chi connectivity index (χ0) is 21.4. The summed E-state index contributed by atoms with van der Waals surface area (Å²) < 4.78 is 1.85. The molecular formula is C25H22N4O2. The van der Waals surface area contributed by atoms with Gasteiger partial charge in [-0.3, -0.25) is 4.79 Å². The summed E-state index contributed by atoms with van der Waals surface area (Å²) in [6, 6.07) is 24.5. The highest BCUT2D eigenvalue weighted by atomic mass is 16.3. The van der Waals surface area contributed by atoms with E-state index in [2.05, 4.69) is 17.2 Å². The van der Waals surface area contributed by atoms with E-state index in [-0.39, 0.29) is 11.3 Å². The summed E-state index contributed by atoms with van der Waals surface area (Å²) in [5.74, 6) is 0.813. The third-order valence-electron chi connectivity index (χ3n) is 5.73. The molecule has 2 heterocycles. The van der Waals surface area contributed by atoms with Gasteiger partial charge in [0.05, 0.1) is 0 Å². The van der Waals surface area contributed by atoms with E-state index in [1.165, 1.54) is 0 Å². The van der Waals surface area contributed by atoms with E-state index in [0.717, 1.165) is 28.8 Å². The molecule has 6 heteroatoms. The smallest absolute Gasteiger partial charge is 0.300 e. The average molecular weight is 410 g/mol. The number of nitrogens with zero attached hydrogens (tertiary/aromatic N) is 3. The second-order valence-electron chi connectivity index (χ2n) is 7.98. The van der Waals surface area contributed by atoms with E-state index in [4.69, 9.17) is 5.10 Å². The van der Waals surface area contributed by atoms with Crippen molar-refractivity contribution >= 4 is 5.69 Å². The number of benzene rings is 3. The number of rotatable bonds is 4. The molecule has 2 N–H and O–H groups in total. The fraction of sp³-hybridized carbons (Fsp3) is 0.160. The highest BCUT2D eigenvalue weighted by molar-refractivity contribution is 5.76. The predicted molar refractivity (Wildman–Crippen MR) is 121 cm³/mol. The largest absolute Gasteiger partial charge is 0.508 e. The Balaban J connectivity index is 1.62.